The number of allylic oxidation sites excluding steroid dienone is 4. The molecule has 0 aromatic rings. The molecule has 88 heavy (non-hydrogen) atoms. The van der Waals surface area contributed by atoms with Gasteiger partial charge in [0.15, 0.2) is 37.1 Å². The van der Waals surface area contributed by atoms with Gasteiger partial charge in [0, 0.05) is 74.5 Å². The minimum absolute atomic E-state index is 0.0208. The zero-order valence-electron chi connectivity index (χ0n) is 53.9. The van der Waals surface area contributed by atoms with E-state index in [1.54, 1.807) is 34.6 Å². The van der Waals surface area contributed by atoms with Crippen LogP contribution in [-0.4, -0.2) is 182 Å². The lowest BCUT2D eigenvalue weighted by Gasteiger charge is -2.57. The largest absolute Gasteiger partial charge is 0.511 e. The van der Waals surface area contributed by atoms with Gasteiger partial charge in [0.2, 0.25) is 11.7 Å². The predicted octanol–water partition coefficient (Wildman–Crippen LogP) is 6.60. The summed E-state index contributed by atoms with van der Waals surface area (Å²) in [7, 11) is 0. The van der Waals surface area contributed by atoms with Crippen LogP contribution < -0.4 is 5.32 Å². The Kier molecular flexibility index (Phi) is 20.3. The molecule has 1 saturated carbocycles. The monoisotopic (exact) mass is 1240 g/mol. The van der Waals surface area contributed by atoms with E-state index in [4.69, 9.17) is 52.1 Å². The smallest absolute Gasteiger partial charge is 0.346 e. The molecule has 21 heteroatoms. The molecule has 4 aliphatic carbocycles. The van der Waals surface area contributed by atoms with Crippen LogP contribution >= 0.6 is 0 Å². The van der Waals surface area contributed by atoms with Gasteiger partial charge in [0.25, 0.3) is 0 Å². The van der Waals surface area contributed by atoms with E-state index in [-0.39, 0.29) is 78.9 Å². The standard InChI is InChI=1S/C67H101NO20/c1-15-41-16-17-42-24-34(6)57(87-53-29-65(13,77)61(39(11)82-53)68-40(12)69)32(4)22-30(2)44-19-18-43-55(66(44,14)62(74)54-63(75)67(42,28-41)88-64(54)76)31(3)23-33(5)58(43)84-52-27-48(83-49-21-20-45(70)35(7)78-49)60(38(10)81-52)86-51-26-47(72)59(37(9)80-51)85-50-25-46(71)56(73)36(8)79-50/h16-19,22,24,31-33,35-39,41-53,55-61,70-74,77H,15,20-21,23,25-29H2,1-14H3,(H,68,69)/b30-22+,34-24+,62-54+/t31-,32?,33-,35-,36+,37+,38+,39-,41-,42-,43-,44-,45+,46+,47+,48+,49-,50+,51+,52+,53-,55+,56+,57-,58-,59+,60+,61-,65-,66+,67-/m0/s1. The van der Waals surface area contributed by atoms with Gasteiger partial charge in [-0.25, -0.2) is 4.79 Å². The number of amides is 1. The minimum atomic E-state index is -1.66. The maximum Gasteiger partial charge on any atom is 0.346 e. The molecule has 7 fully saturated rings. The highest BCUT2D eigenvalue weighted by molar-refractivity contribution is 6.26. The summed E-state index contributed by atoms with van der Waals surface area (Å²) in [5.74, 6) is -4.63. The number of esters is 1. The SMILES string of the molecule is CC[C@H]1C=C[C@H]2/C=C(\C)[C@@H](O[C@H]3C[C@](C)(O)[C@@H](NC(C)=O)[C@H](C)O3)C(C)/C=C(\C)[C@@H]3C=C[C@@H]4[C@@H](O[C@@H]5C[C@@H](O[C@H]6CC[C@@H](O)[C@H](C)O6)[C@H](O[C@@H]6C[C@@H](O)[C@H](O[C@@H]7C[C@@H](O)[C@H](O)[C@@H](C)O7)[C@@H](C)O6)[C@@H](C)O5)[C@@H](C)C[C@H](C)[C@H]4[C@]3(C)/C(O)=C3\C(=O)O[C@]2(C1)C3=O. The number of ether oxygens (including phenoxy) is 11. The van der Waals surface area contributed by atoms with Gasteiger partial charge in [-0.1, -0.05) is 76.6 Å². The van der Waals surface area contributed by atoms with Gasteiger partial charge < -0.3 is 88.1 Å². The van der Waals surface area contributed by atoms with Gasteiger partial charge in [0.1, 0.15) is 29.6 Å². The van der Waals surface area contributed by atoms with Gasteiger partial charge in [-0.2, -0.15) is 0 Å². The third-order valence-corrected chi connectivity index (χ3v) is 21.6. The van der Waals surface area contributed by atoms with Gasteiger partial charge >= 0.3 is 5.97 Å². The molecule has 31 atom stereocenters. The van der Waals surface area contributed by atoms with E-state index in [1.165, 1.54) is 6.92 Å². The summed E-state index contributed by atoms with van der Waals surface area (Å²) < 4.78 is 72.2. The van der Waals surface area contributed by atoms with Crippen LogP contribution in [0.3, 0.4) is 0 Å². The first-order valence-corrected chi connectivity index (χ1v) is 32.7. The van der Waals surface area contributed by atoms with Crippen molar-refractivity contribution < 1.29 is 97.1 Å². The van der Waals surface area contributed by atoms with Crippen molar-refractivity contribution in [3.63, 3.8) is 0 Å². The molecule has 1 spiro atoms. The van der Waals surface area contributed by atoms with Crippen molar-refractivity contribution in [2.45, 2.75) is 289 Å². The molecule has 0 aromatic heterocycles. The van der Waals surface area contributed by atoms with E-state index in [0.717, 1.165) is 11.1 Å². The highest BCUT2D eigenvalue weighted by atomic mass is 16.8. The van der Waals surface area contributed by atoms with Crippen LogP contribution in [0.15, 0.2) is 58.9 Å². The van der Waals surface area contributed by atoms with E-state index in [0.29, 0.717) is 25.7 Å². The number of hydrogen-bond acceptors (Lipinski definition) is 20. The molecule has 0 aromatic carbocycles. The fraction of sp³-hybridized carbons (Fsp3) is 0.806. The van der Waals surface area contributed by atoms with E-state index < -0.39 is 169 Å². The number of fused-ring (bicyclic) bond motifs is 4. The van der Waals surface area contributed by atoms with Gasteiger partial charge in [-0.05, 0) is 104 Å². The van der Waals surface area contributed by atoms with Crippen LogP contribution in [0, 0.1) is 52.8 Å². The summed E-state index contributed by atoms with van der Waals surface area (Å²) >= 11 is 0. The number of carbonyl (C=O) groups is 3. The summed E-state index contributed by atoms with van der Waals surface area (Å²) in [5, 5.41) is 70.9. The lowest BCUT2D eigenvalue weighted by atomic mass is 9.49. The summed E-state index contributed by atoms with van der Waals surface area (Å²) in [6.45, 7) is 26.3. The van der Waals surface area contributed by atoms with Crippen LogP contribution in [-0.2, 0) is 66.5 Å². The van der Waals surface area contributed by atoms with Crippen molar-refractivity contribution >= 4 is 17.7 Å². The molecule has 10 rings (SSSR count). The molecule has 7 N–H and O–H groups in total. The van der Waals surface area contributed by atoms with Crippen LogP contribution in [0.25, 0.3) is 0 Å². The minimum Gasteiger partial charge on any atom is -0.511 e. The Hall–Kier alpha value is -3.49. The number of Topliss-reactive ketones (excluding diaryl/α,β-unsaturated/α-hetero) is 1. The maximum absolute atomic E-state index is 15.7. The molecule has 6 heterocycles. The van der Waals surface area contributed by atoms with Gasteiger partial charge in [-0.3, -0.25) is 9.59 Å². The van der Waals surface area contributed by atoms with E-state index in [2.05, 4.69) is 50.4 Å². The van der Waals surface area contributed by atoms with E-state index in [1.807, 2.05) is 46.8 Å². The number of hydrogen-bond donors (Lipinski definition) is 7. The van der Waals surface area contributed by atoms with Crippen molar-refractivity contribution in [3.8, 4) is 0 Å². The van der Waals surface area contributed by atoms with Crippen LogP contribution in [0.5, 0.6) is 0 Å². The van der Waals surface area contributed by atoms with Crippen LogP contribution in [0.4, 0.5) is 0 Å². The Morgan fingerprint density at radius 3 is 1.92 bits per heavy atom. The molecule has 1 amide bonds. The highest BCUT2D eigenvalue weighted by Gasteiger charge is 2.64. The fourth-order valence-electron chi connectivity index (χ4n) is 17.0. The van der Waals surface area contributed by atoms with Crippen molar-refractivity contribution in [2.24, 2.45) is 52.8 Å². The highest BCUT2D eigenvalue weighted by Crippen LogP contribution is 2.61. The summed E-state index contributed by atoms with van der Waals surface area (Å²) in [6, 6.07) is -0.687. The van der Waals surface area contributed by atoms with E-state index >= 15 is 4.79 Å². The average molecular weight is 1240 g/mol. The first-order valence-electron chi connectivity index (χ1n) is 32.7. The number of aliphatic hydroxyl groups excluding tert-OH is 5. The van der Waals surface area contributed by atoms with Crippen molar-refractivity contribution in [1.29, 1.82) is 0 Å². The van der Waals surface area contributed by atoms with Gasteiger partial charge in [-0.15, -0.1) is 0 Å². The Morgan fingerprint density at radius 1 is 0.648 bits per heavy atom. The molecule has 1 unspecified atom stereocenters. The molecule has 2 bridgehead atoms. The molecule has 494 valence electrons. The third kappa shape index (κ3) is 13.1. The quantitative estimate of drug-likeness (QED) is 0.0615. The topological polar surface area (TPSA) is 286 Å². The molecule has 0 radical (unpaired) electrons. The Labute approximate surface area is 518 Å². The van der Waals surface area contributed by atoms with Crippen LogP contribution in [0.1, 0.15) is 155 Å². The number of aliphatic hydroxyl groups is 6. The average Bonchev–Trinajstić information content (AvgIpc) is 1.30. The van der Waals surface area contributed by atoms with E-state index in [9.17, 15) is 40.2 Å². The number of rotatable bonds is 12. The Morgan fingerprint density at radius 2 is 1.27 bits per heavy atom. The number of carbonyl (C=O) groups excluding carboxylic acids is 3. The zero-order chi connectivity index (χ0) is 63.8. The lowest BCUT2D eigenvalue weighted by Crippen LogP contribution is -2.62. The first-order chi connectivity index (χ1) is 41.4. The lowest BCUT2D eigenvalue weighted by molar-refractivity contribution is -0.351. The number of ketones is 1. The summed E-state index contributed by atoms with van der Waals surface area (Å²) in [5.41, 5.74) is -3.03. The third-order valence-electron chi connectivity index (χ3n) is 21.6. The molecule has 21 nitrogen and oxygen atoms in total. The second-order valence-electron chi connectivity index (χ2n) is 28.3. The van der Waals surface area contributed by atoms with Crippen molar-refractivity contribution in [1.82, 2.24) is 5.32 Å². The summed E-state index contributed by atoms with van der Waals surface area (Å²) in [4.78, 5) is 42.8. The normalized spacial score (nSPS) is 52.0. The zero-order valence-corrected chi connectivity index (χ0v) is 53.9. The first kappa shape index (κ1) is 67.4. The Bertz CT molecular complexity index is 2670. The van der Waals surface area contributed by atoms with Gasteiger partial charge in [0.05, 0.1) is 78.8 Å². The summed E-state index contributed by atoms with van der Waals surface area (Å²) in [6.07, 6.45) is 0.461. The van der Waals surface area contributed by atoms with Crippen molar-refractivity contribution in [2.75, 3.05) is 0 Å². The number of nitrogens with one attached hydrogen (secondary N) is 1. The molecule has 6 saturated heterocycles. The van der Waals surface area contributed by atoms with Crippen LogP contribution in [0.2, 0.25) is 0 Å². The second kappa shape index (κ2) is 26.5. The molecular formula is C67H101NO20. The maximum atomic E-state index is 15.7. The molecule has 10 aliphatic rings. The Balaban J connectivity index is 0.956. The molecule has 6 aliphatic heterocycles. The molecular weight excluding hydrogens is 1140 g/mol. The fourth-order valence-corrected chi connectivity index (χ4v) is 17.0. The second-order valence-corrected chi connectivity index (χ2v) is 28.3. The van der Waals surface area contributed by atoms with Crippen molar-refractivity contribution in [3.05, 3.63) is 58.9 Å². The predicted molar refractivity (Wildman–Crippen MR) is 318 cm³/mol.